The first kappa shape index (κ1) is 11.7. The summed E-state index contributed by atoms with van der Waals surface area (Å²) in [5, 5.41) is 14.6. The van der Waals surface area contributed by atoms with Crippen LogP contribution >= 0.6 is 11.3 Å². The van der Waals surface area contributed by atoms with Gasteiger partial charge in [0.15, 0.2) is 0 Å². The quantitative estimate of drug-likeness (QED) is 0.774. The van der Waals surface area contributed by atoms with Gasteiger partial charge in [-0.25, -0.2) is 9.48 Å². The third-order valence-corrected chi connectivity index (χ3v) is 3.07. The SMILES string of the molecule is O=c1[nH]c(=O)n(CCO)nc1Cc1cccs1. The van der Waals surface area contributed by atoms with Crippen LogP contribution in [0.5, 0.6) is 0 Å². The van der Waals surface area contributed by atoms with Crippen molar-refractivity contribution in [1.82, 2.24) is 14.8 Å². The van der Waals surface area contributed by atoms with Crippen LogP contribution in [0.15, 0.2) is 27.1 Å². The van der Waals surface area contributed by atoms with Crippen molar-refractivity contribution < 1.29 is 5.11 Å². The van der Waals surface area contributed by atoms with E-state index >= 15 is 0 Å². The van der Waals surface area contributed by atoms with Gasteiger partial charge in [-0.1, -0.05) is 6.07 Å². The fourth-order valence-electron chi connectivity index (χ4n) is 1.41. The molecule has 0 atom stereocenters. The van der Waals surface area contributed by atoms with Gasteiger partial charge in [0.2, 0.25) is 0 Å². The lowest BCUT2D eigenvalue weighted by Gasteiger charge is -2.03. The minimum Gasteiger partial charge on any atom is -0.394 e. The van der Waals surface area contributed by atoms with Crippen molar-refractivity contribution in [1.29, 1.82) is 0 Å². The predicted octanol–water partition coefficient (Wildman–Crippen LogP) is -0.424. The first-order chi connectivity index (χ1) is 8.20. The van der Waals surface area contributed by atoms with Crippen LogP contribution in [0.25, 0.3) is 0 Å². The molecule has 90 valence electrons. The van der Waals surface area contributed by atoms with Crippen LogP contribution in [0.2, 0.25) is 0 Å². The molecule has 2 rings (SSSR count). The Morgan fingerprint density at radius 1 is 1.47 bits per heavy atom. The Morgan fingerprint density at radius 2 is 2.29 bits per heavy atom. The average Bonchev–Trinajstić information content (AvgIpc) is 2.78. The summed E-state index contributed by atoms with van der Waals surface area (Å²) < 4.78 is 1.06. The van der Waals surface area contributed by atoms with E-state index in [9.17, 15) is 9.59 Å². The van der Waals surface area contributed by atoms with E-state index in [1.807, 2.05) is 17.5 Å². The molecule has 2 N–H and O–H groups in total. The van der Waals surface area contributed by atoms with Crippen LogP contribution in [-0.4, -0.2) is 26.5 Å². The Hall–Kier alpha value is -1.73. The van der Waals surface area contributed by atoms with Gasteiger partial charge in [-0.3, -0.25) is 9.78 Å². The Bertz CT molecular complexity index is 600. The van der Waals surface area contributed by atoms with E-state index in [2.05, 4.69) is 10.1 Å². The highest BCUT2D eigenvalue weighted by atomic mass is 32.1. The summed E-state index contributed by atoms with van der Waals surface area (Å²) in [6, 6.07) is 3.78. The maximum atomic E-state index is 11.5. The first-order valence-corrected chi connectivity index (χ1v) is 5.92. The minimum absolute atomic E-state index is 0.0764. The Labute approximate surface area is 100 Å². The maximum absolute atomic E-state index is 11.5. The number of thiophene rings is 1. The van der Waals surface area contributed by atoms with E-state index in [4.69, 9.17) is 5.11 Å². The number of aromatic amines is 1. The van der Waals surface area contributed by atoms with E-state index in [0.717, 1.165) is 9.56 Å². The Morgan fingerprint density at radius 3 is 2.94 bits per heavy atom. The average molecular weight is 253 g/mol. The zero-order valence-electron chi connectivity index (χ0n) is 8.92. The Kier molecular flexibility index (Phi) is 3.50. The molecule has 2 aromatic rings. The molecule has 0 aliphatic rings. The fraction of sp³-hybridized carbons (Fsp3) is 0.300. The summed E-state index contributed by atoms with van der Waals surface area (Å²) in [5.41, 5.74) is -0.794. The number of rotatable bonds is 4. The van der Waals surface area contributed by atoms with Crippen molar-refractivity contribution >= 4 is 11.3 Å². The molecule has 0 spiro atoms. The maximum Gasteiger partial charge on any atom is 0.344 e. The third kappa shape index (κ3) is 2.69. The smallest absolute Gasteiger partial charge is 0.344 e. The summed E-state index contributed by atoms with van der Waals surface area (Å²) in [7, 11) is 0. The largest absolute Gasteiger partial charge is 0.394 e. The monoisotopic (exact) mass is 253 g/mol. The Balaban J connectivity index is 2.36. The van der Waals surface area contributed by atoms with Crippen molar-refractivity contribution in [2.45, 2.75) is 13.0 Å². The lowest BCUT2D eigenvalue weighted by molar-refractivity contribution is 0.264. The molecule has 7 heteroatoms. The molecule has 0 saturated carbocycles. The number of hydrogen-bond acceptors (Lipinski definition) is 5. The molecule has 0 radical (unpaired) electrons. The van der Waals surface area contributed by atoms with Crippen molar-refractivity contribution in [3.05, 3.63) is 48.9 Å². The van der Waals surface area contributed by atoms with Gasteiger partial charge in [-0.15, -0.1) is 11.3 Å². The number of aliphatic hydroxyl groups excluding tert-OH is 1. The van der Waals surface area contributed by atoms with Gasteiger partial charge in [-0.2, -0.15) is 5.10 Å². The molecule has 0 unspecified atom stereocenters. The lowest BCUT2D eigenvalue weighted by atomic mass is 10.3. The van der Waals surface area contributed by atoms with Gasteiger partial charge in [0, 0.05) is 11.3 Å². The van der Waals surface area contributed by atoms with Crippen molar-refractivity contribution in [2.75, 3.05) is 6.61 Å². The molecule has 0 fully saturated rings. The lowest BCUT2D eigenvalue weighted by Crippen LogP contribution is -2.35. The standard InChI is InChI=1S/C10H11N3O3S/c14-4-3-13-10(16)11-9(15)8(12-13)6-7-2-1-5-17-7/h1-2,5,14H,3-4,6H2,(H,11,15,16). The second kappa shape index (κ2) is 5.07. The van der Waals surface area contributed by atoms with Crippen molar-refractivity contribution in [3.8, 4) is 0 Å². The van der Waals surface area contributed by atoms with Crippen LogP contribution in [-0.2, 0) is 13.0 Å². The summed E-state index contributed by atoms with van der Waals surface area (Å²) in [5.74, 6) is 0. The normalized spacial score (nSPS) is 10.6. The molecule has 0 amide bonds. The van der Waals surface area contributed by atoms with Crippen LogP contribution in [0.1, 0.15) is 10.6 Å². The summed E-state index contributed by atoms with van der Waals surface area (Å²) in [6.07, 6.45) is 0.388. The van der Waals surface area contributed by atoms with Gasteiger partial charge >= 0.3 is 5.69 Å². The summed E-state index contributed by atoms with van der Waals surface area (Å²) in [4.78, 5) is 26.0. The van der Waals surface area contributed by atoms with Crippen molar-refractivity contribution in [3.63, 3.8) is 0 Å². The molecule has 2 heterocycles. The highest BCUT2D eigenvalue weighted by Crippen LogP contribution is 2.10. The topological polar surface area (TPSA) is 88.0 Å². The molecular weight excluding hydrogens is 242 g/mol. The molecule has 0 aliphatic heterocycles. The predicted molar refractivity (Wildman–Crippen MR) is 63.3 cm³/mol. The molecule has 0 aromatic carbocycles. The fourth-order valence-corrected chi connectivity index (χ4v) is 2.12. The molecular formula is C10H11N3O3S. The summed E-state index contributed by atoms with van der Waals surface area (Å²) >= 11 is 1.52. The van der Waals surface area contributed by atoms with E-state index < -0.39 is 11.2 Å². The highest BCUT2D eigenvalue weighted by Gasteiger charge is 2.07. The van der Waals surface area contributed by atoms with Gasteiger partial charge < -0.3 is 5.11 Å². The van der Waals surface area contributed by atoms with Gasteiger partial charge in [0.25, 0.3) is 5.56 Å². The van der Waals surface area contributed by atoms with Crippen LogP contribution in [0, 0.1) is 0 Å². The highest BCUT2D eigenvalue weighted by molar-refractivity contribution is 7.09. The molecule has 0 saturated heterocycles. The first-order valence-electron chi connectivity index (χ1n) is 5.04. The second-order valence-electron chi connectivity index (χ2n) is 3.41. The van der Waals surface area contributed by atoms with Crippen LogP contribution in [0.4, 0.5) is 0 Å². The van der Waals surface area contributed by atoms with Crippen LogP contribution < -0.4 is 11.2 Å². The third-order valence-electron chi connectivity index (χ3n) is 2.19. The van der Waals surface area contributed by atoms with E-state index in [-0.39, 0.29) is 18.8 Å². The molecule has 2 aromatic heterocycles. The minimum atomic E-state index is -0.598. The van der Waals surface area contributed by atoms with E-state index in [0.29, 0.717) is 6.42 Å². The van der Waals surface area contributed by atoms with Crippen molar-refractivity contribution in [2.24, 2.45) is 0 Å². The molecule has 17 heavy (non-hydrogen) atoms. The zero-order valence-corrected chi connectivity index (χ0v) is 9.74. The number of hydrogen-bond donors (Lipinski definition) is 2. The molecule has 0 aliphatic carbocycles. The van der Waals surface area contributed by atoms with E-state index in [1.165, 1.54) is 11.3 Å². The molecule has 0 bridgehead atoms. The number of aliphatic hydroxyl groups is 1. The van der Waals surface area contributed by atoms with Gasteiger partial charge in [0.05, 0.1) is 13.2 Å². The second-order valence-corrected chi connectivity index (χ2v) is 4.44. The zero-order chi connectivity index (χ0) is 12.3. The van der Waals surface area contributed by atoms with E-state index in [1.54, 1.807) is 0 Å². The molecule has 6 nitrogen and oxygen atoms in total. The number of H-pyrrole nitrogens is 1. The van der Waals surface area contributed by atoms with Gasteiger partial charge in [0.1, 0.15) is 5.69 Å². The van der Waals surface area contributed by atoms with Gasteiger partial charge in [-0.05, 0) is 11.4 Å². The number of nitrogens with zero attached hydrogens (tertiary/aromatic N) is 2. The number of aromatic nitrogens is 3. The summed E-state index contributed by atoms with van der Waals surface area (Å²) in [6.45, 7) is -0.121. The van der Waals surface area contributed by atoms with Crippen LogP contribution in [0.3, 0.4) is 0 Å². The number of nitrogens with one attached hydrogen (secondary N) is 1.